The molecule has 0 aromatic carbocycles. The molecule has 6 heteroatoms. The molecule has 0 N–H and O–H groups in total. The van der Waals surface area contributed by atoms with E-state index < -0.39 is 6.10 Å². The largest absolute Gasteiger partial charge is 0.462 e. The highest BCUT2D eigenvalue weighted by Gasteiger charge is 2.19. The summed E-state index contributed by atoms with van der Waals surface area (Å²) < 4.78 is 16.7. The van der Waals surface area contributed by atoms with Crippen molar-refractivity contribution in [2.75, 3.05) is 13.2 Å². The van der Waals surface area contributed by atoms with Crippen molar-refractivity contribution in [2.24, 2.45) is 0 Å². The fraction of sp³-hybridized carbons (Fsp3) is 0.827. The van der Waals surface area contributed by atoms with Gasteiger partial charge in [0.1, 0.15) is 13.2 Å². The first-order chi connectivity index (χ1) is 28.5. The van der Waals surface area contributed by atoms with Crippen LogP contribution < -0.4 is 0 Å². The first kappa shape index (κ1) is 55.6. The lowest BCUT2D eigenvalue weighted by atomic mass is 10.0. The third-order valence-electron chi connectivity index (χ3n) is 10.8. The highest BCUT2D eigenvalue weighted by molar-refractivity contribution is 5.71. The van der Waals surface area contributed by atoms with Crippen LogP contribution in [0.3, 0.4) is 0 Å². The number of hydrogen-bond acceptors (Lipinski definition) is 6. The molecule has 0 saturated carbocycles. The van der Waals surface area contributed by atoms with Crippen molar-refractivity contribution in [3.05, 3.63) is 36.5 Å². The quantitative estimate of drug-likeness (QED) is 0.0264. The van der Waals surface area contributed by atoms with Crippen molar-refractivity contribution < 1.29 is 28.6 Å². The Kier molecular flexibility index (Phi) is 45.4. The molecule has 6 nitrogen and oxygen atoms in total. The highest BCUT2D eigenvalue weighted by Crippen LogP contribution is 2.15. The summed E-state index contributed by atoms with van der Waals surface area (Å²) in [4.78, 5) is 37.8. The number of esters is 3. The number of carbonyl (C=O) groups excluding carboxylic acids is 3. The Morgan fingerprint density at radius 2 is 0.655 bits per heavy atom. The molecule has 0 fully saturated rings. The van der Waals surface area contributed by atoms with E-state index in [9.17, 15) is 14.4 Å². The van der Waals surface area contributed by atoms with E-state index in [0.29, 0.717) is 19.3 Å². The SMILES string of the molecule is CCC/C=C\CCCCCCCC(=O)OCC(COC(=O)CCCCCCC/C=C\C/C=C\CCCCC)OC(=O)CCCCCCCCCCCCCCCCC. The Balaban J connectivity index is 4.36. The van der Waals surface area contributed by atoms with E-state index in [-0.39, 0.29) is 31.1 Å². The predicted octanol–water partition coefficient (Wildman–Crippen LogP) is 16.1. The van der Waals surface area contributed by atoms with Crippen molar-refractivity contribution >= 4 is 17.9 Å². The van der Waals surface area contributed by atoms with Crippen LogP contribution in [0, 0.1) is 0 Å². The molecule has 0 saturated heterocycles. The summed E-state index contributed by atoms with van der Waals surface area (Å²) in [5.41, 5.74) is 0. The van der Waals surface area contributed by atoms with Gasteiger partial charge in [-0.15, -0.1) is 0 Å². The second kappa shape index (κ2) is 47.3. The molecule has 0 rings (SSSR count). The fourth-order valence-electron chi connectivity index (χ4n) is 7.06. The maximum Gasteiger partial charge on any atom is 0.306 e. The summed E-state index contributed by atoms with van der Waals surface area (Å²) in [5.74, 6) is -0.895. The number of ether oxygens (including phenoxy) is 3. The Hall–Kier alpha value is -2.37. The van der Waals surface area contributed by atoms with Crippen LogP contribution in [0.1, 0.15) is 258 Å². The van der Waals surface area contributed by atoms with Crippen LogP contribution >= 0.6 is 0 Å². The van der Waals surface area contributed by atoms with Crippen molar-refractivity contribution in [3.8, 4) is 0 Å². The lowest BCUT2D eigenvalue weighted by Crippen LogP contribution is -2.30. The van der Waals surface area contributed by atoms with Gasteiger partial charge >= 0.3 is 17.9 Å². The molecule has 0 bridgehead atoms. The van der Waals surface area contributed by atoms with Crippen molar-refractivity contribution in [1.82, 2.24) is 0 Å². The zero-order chi connectivity index (χ0) is 42.3. The standard InChI is InChI=1S/C52H94O6/c1-4-7-10-13-16-19-22-24-26-28-30-33-36-39-42-45-51(54)57-48-49(47-56-50(53)44-41-38-35-32-21-18-15-12-9-6-3)58-52(55)46-43-40-37-34-31-29-27-25-23-20-17-14-11-8-5-2/h12,15-16,19,24,26,49H,4-11,13-14,17-18,20-23,25,27-48H2,1-3H3/b15-12-,19-16-,26-24-. The molecule has 58 heavy (non-hydrogen) atoms. The van der Waals surface area contributed by atoms with Gasteiger partial charge in [-0.2, -0.15) is 0 Å². The Morgan fingerprint density at radius 1 is 0.345 bits per heavy atom. The van der Waals surface area contributed by atoms with E-state index in [0.717, 1.165) is 89.9 Å². The molecule has 0 spiro atoms. The third kappa shape index (κ3) is 44.7. The van der Waals surface area contributed by atoms with Gasteiger partial charge in [0.05, 0.1) is 0 Å². The van der Waals surface area contributed by atoms with Gasteiger partial charge in [-0.25, -0.2) is 0 Å². The van der Waals surface area contributed by atoms with E-state index in [4.69, 9.17) is 14.2 Å². The predicted molar refractivity (Wildman–Crippen MR) is 247 cm³/mol. The molecule has 338 valence electrons. The summed E-state index contributed by atoms with van der Waals surface area (Å²) >= 11 is 0. The Bertz CT molecular complexity index is 984. The average molecular weight is 815 g/mol. The first-order valence-corrected chi connectivity index (χ1v) is 25.0. The normalized spacial score (nSPS) is 12.3. The lowest BCUT2D eigenvalue weighted by Gasteiger charge is -2.18. The molecule has 0 radical (unpaired) electrons. The molecule has 0 aliphatic carbocycles. The second-order valence-corrected chi connectivity index (χ2v) is 16.7. The van der Waals surface area contributed by atoms with E-state index in [1.54, 1.807) is 0 Å². The second-order valence-electron chi connectivity index (χ2n) is 16.7. The zero-order valence-corrected chi connectivity index (χ0v) is 38.6. The summed E-state index contributed by atoms with van der Waals surface area (Å²) in [5, 5.41) is 0. The van der Waals surface area contributed by atoms with Gasteiger partial charge in [-0.1, -0.05) is 205 Å². The van der Waals surface area contributed by atoms with Crippen LogP contribution in [-0.4, -0.2) is 37.2 Å². The molecule has 0 aromatic rings. The minimum absolute atomic E-state index is 0.0789. The molecule has 0 aliphatic rings. The monoisotopic (exact) mass is 815 g/mol. The zero-order valence-electron chi connectivity index (χ0n) is 38.6. The van der Waals surface area contributed by atoms with Gasteiger partial charge < -0.3 is 14.2 Å². The molecule has 1 atom stereocenters. The van der Waals surface area contributed by atoms with Crippen LogP contribution in [-0.2, 0) is 28.6 Å². The van der Waals surface area contributed by atoms with Crippen LogP contribution in [0.2, 0.25) is 0 Å². The maximum absolute atomic E-state index is 12.8. The molecular weight excluding hydrogens is 721 g/mol. The first-order valence-electron chi connectivity index (χ1n) is 25.0. The van der Waals surface area contributed by atoms with Gasteiger partial charge in [-0.05, 0) is 70.6 Å². The number of carbonyl (C=O) groups is 3. The Morgan fingerprint density at radius 3 is 1.07 bits per heavy atom. The molecule has 1 unspecified atom stereocenters. The maximum atomic E-state index is 12.8. The molecule has 0 heterocycles. The summed E-state index contributed by atoms with van der Waals surface area (Å²) in [7, 11) is 0. The van der Waals surface area contributed by atoms with Gasteiger partial charge in [0.25, 0.3) is 0 Å². The summed E-state index contributed by atoms with van der Waals surface area (Å²) in [6, 6.07) is 0. The number of hydrogen-bond donors (Lipinski definition) is 0. The molecule has 0 amide bonds. The minimum atomic E-state index is -0.776. The van der Waals surface area contributed by atoms with E-state index in [1.165, 1.54) is 128 Å². The van der Waals surface area contributed by atoms with E-state index >= 15 is 0 Å². The lowest BCUT2D eigenvalue weighted by molar-refractivity contribution is -0.167. The minimum Gasteiger partial charge on any atom is -0.462 e. The van der Waals surface area contributed by atoms with Gasteiger partial charge in [-0.3, -0.25) is 14.4 Å². The van der Waals surface area contributed by atoms with Crippen molar-refractivity contribution in [1.29, 1.82) is 0 Å². The van der Waals surface area contributed by atoms with Gasteiger partial charge in [0, 0.05) is 19.3 Å². The number of unbranched alkanes of at least 4 members (excludes halogenated alkanes) is 28. The average Bonchev–Trinajstić information content (AvgIpc) is 3.22. The fourth-order valence-corrected chi connectivity index (χ4v) is 7.06. The summed E-state index contributed by atoms with van der Waals surface area (Å²) in [6.45, 7) is 6.54. The Labute approximate surface area is 359 Å². The van der Waals surface area contributed by atoms with Crippen LogP contribution in [0.25, 0.3) is 0 Å². The van der Waals surface area contributed by atoms with Gasteiger partial charge in [0.2, 0.25) is 0 Å². The number of allylic oxidation sites excluding steroid dienone is 6. The molecular formula is C52H94O6. The number of rotatable bonds is 45. The van der Waals surface area contributed by atoms with E-state index in [1.807, 2.05) is 0 Å². The molecule has 0 aliphatic heterocycles. The summed E-state index contributed by atoms with van der Waals surface area (Å²) in [6.07, 6.45) is 54.1. The topological polar surface area (TPSA) is 78.9 Å². The van der Waals surface area contributed by atoms with Crippen LogP contribution in [0.4, 0.5) is 0 Å². The van der Waals surface area contributed by atoms with Gasteiger partial charge in [0.15, 0.2) is 6.10 Å². The smallest absolute Gasteiger partial charge is 0.306 e. The molecule has 0 aromatic heterocycles. The van der Waals surface area contributed by atoms with Crippen molar-refractivity contribution in [2.45, 2.75) is 264 Å². The van der Waals surface area contributed by atoms with Crippen LogP contribution in [0.5, 0.6) is 0 Å². The van der Waals surface area contributed by atoms with Crippen molar-refractivity contribution in [3.63, 3.8) is 0 Å². The van der Waals surface area contributed by atoms with E-state index in [2.05, 4.69) is 57.2 Å². The van der Waals surface area contributed by atoms with Crippen LogP contribution in [0.15, 0.2) is 36.5 Å². The highest BCUT2D eigenvalue weighted by atomic mass is 16.6. The third-order valence-corrected chi connectivity index (χ3v) is 10.8.